The van der Waals surface area contributed by atoms with Crippen molar-refractivity contribution in [2.45, 2.75) is 0 Å². The van der Waals surface area contributed by atoms with E-state index in [9.17, 15) is 4.79 Å². The number of anilines is 2. The molecule has 0 atom stereocenters. The standard InChI is InChI=1S/C24H18N2O4S/c27-23-22(30-24(31)25-23)15-16-9-11-17(12-10-16)28-14-13-26-18-5-1-3-7-20(18)29-21-8-4-2-6-19(21)26/h1-12,15H,13-14H2,(H,25,27,31)/b22-15-. The largest absolute Gasteiger partial charge is 0.492 e. The number of nitrogens with zero attached hydrogens (tertiary/aromatic N) is 1. The van der Waals surface area contributed by atoms with E-state index in [0.29, 0.717) is 13.2 Å². The van der Waals surface area contributed by atoms with Gasteiger partial charge in [0.15, 0.2) is 17.3 Å². The second-order valence-electron chi connectivity index (χ2n) is 6.96. The fourth-order valence-corrected chi connectivity index (χ4v) is 3.69. The smallest absolute Gasteiger partial charge is 0.294 e. The Morgan fingerprint density at radius 2 is 1.55 bits per heavy atom. The number of para-hydroxylation sites is 4. The second-order valence-corrected chi connectivity index (χ2v) is 7.33. The molecule has 5 rings (SSSR count). The Hall–Kier alpha value is -3.84. The molecule has 31 heavy (non-hydrogen) atoms. The van der Waals surface area contributed by atoms with Gasteiger partial charge in [-0.2, -0.15) is 0 Å². The second kappa shape index (κ2) is 8.12. The summed E-state index contributed by atoms with van der Waals surface area (Å²) in [6.45, 7) is 1.15. The normalized spacial score (nSPS) is 15.6. The number of benzene rings is 3. The first-order valence-corrected chi connectivity index (χ1v) is 10.2. The minimum absolute atomic E-state index is 0.0717. The van der Waals surface area contributed by atoms with Crippen molar-refractivity contribution in [2.24, 2.45) is 0 Å². The molecule has 1 fully saturated rings. The maximum Gasteiger partial charge on any atom is 0.294 e. The summed E-state index contributed by atoms with van der Waals surface area (Å²) >= 11 is 4.83. The van der Waals surface area contributed by atoms with E-state index in [-0.39, 0.29) is 16.8 Å². The number of hydrogen-bond donors (Lipinski definition) is 1. The van der Waals surface area contributed by atoms with E-state index in [2.05, 4.69) is 10.2 Å². The number of thiocarbonyl (C=S) groups is 1. The van der Waals surface area contributed by atoms with Gasteiger partial charge in [0.05, 0.1) is 17.9 Å². The van der Waals surface area contributed by atoms with Gasteiger partial charge in [0.1, 0.15) is 12.4 Å². The highest BCUT2D eigenvalue weighted by atomic mass is 32.1. The van der Waals surface area contributed by atoms with Crippen LogP contribution in [0.2, 0.25) is 0 Å². The first-order valence-electron chi connectivity index (χ1n) is 9.78. The third-order valence-corrected chi connectivity index (χ3v) is 5.12. The van der Waals surface area contributed by atoms with Crippen molar-refractivity contribution in [3.63, 3.8) is 0 Å². The molecule has 0 saturated carbocycles. The summed E-state index contributed by atoms with van der Waals surface area (Å²) in [6, 6.07) is 23.4. The molecule has 0 spiro atoms. The fourth-order valence-electron chi connectivity index (χ4n) is 3.51. The average Bonchev–Trinajstić information content (AvgIpc) is 3.11. The number of nitrogens with one attached hydrogen (secondary N) is 1. The van der Waals surface area contributed by atoms with Crippen molar-refractivity contribution in [2.75, 3.05) is 18.1 Å². The summed E-state index contributed by atoms with van der Waals surface area (Å²) in [5, 5.41) is 2.51. The van der Waals surface area contributed by atoms with Crippen LogP contribution in [0.25, 0.3) is 6.08 Å². The van der Waals surface area contributed by atoms with Gasteiger partial charge in [0.25, 0.3) is 11.1 Å². The van der Waals surface area contributed by atoms with E-state index in [1.54, 1.807) is 6.08 Å². The first-order chi connectivity index (χ1) is 15.2. The van der Waals surface area contributed by atoms with Crippen molar-refractivity contribution in [3.05, 3.63) is 84.1 Å². The lowest BCUT2D eigenvalue weighted by molar-refractivity contribution is -0.116. The molecule has 0 bridgehead atoms. The summed E-state index contributed by atoms with van der Waals surface area (Å²) in [7, 11) is 0. The summed E-state index contributed by atoms with van der Waals surface area (Å²) in [6.07, 6.45) is 1.64. The number of rotatable bonds is 5. The number of fused-ring (bicyclic) bond motifs is 2. The highest BCUT2D eigenvalue weighted by molar-refractivity contribution is 7.80. The molecule has 2 aliphatic heterocycles. The number of amides is 1. The lowest BCUT2D eigenvalue weighted by Gasteiger charge is -2.32. The van der Waals surface area contributed by atoms with Crippen molar-refractivity contribution >= 4 is 40.8 Å². The van der Waals surface area contributed by atoms with Crippen molar-refractivity contribution < 1.29 is 19.0 Å². The van der Waals surface area contributed by atoms with E-state index in [1.807, 2.05) is 72.8 Å². The van der Waals surface area contributed by atoms with Gasteiger partial charge in [-0.3, -0.25) is 10.1 Å². The van der Waals surface area contributed by atoms with Crippen LogP contribution in [0.4, 0.5) is 11.4 Å². The van der Waals surface area contributed by atoms with Crippen LogP contribution in [0.3, 0.4) is 0 Å². The summed E-state index contributed by atoms with van der Waals surface area (Å²) in [5.41, 5.74) is 2.84. The molecule has 0 aromatic heterocycles. The molecule has 7 heteroatoms. The monoisotopic (exact) mass is 430 g/mol. The number of carbonyl (C=O) groups is 1. The minimum atomic E-state index is -0.337. The SMILES string of the molecule is O=C1NC(=S)O/C1=C\c1ccc(OCCN2c3ccccc3Oc3ccccc32)cc1. The highest BCUT2D eigenvalue weighted by Gasteiger charge is 2.24. The van der Waals surface area contributed by atoms with Gasteiger partial charge in [0, 0.05) is 0 Å². The molecular formula is C24H18N2O4S. The molecule has 0 radical (unpaired) electrons. The van der Waals surface area contributed by atoms with Gasteiger partial charge in [0.2, 0.25) is 0 Å². The maximum atomic E-state index is 11.7. The molecule has 0 aliphatic carbocycles. The summed E-state index contributed by atoms with van der Waals surface area (Å²) < 4.78 is 17.2. The van der Waals surface area contributed by atoms with E-state index >= 15 is 0 Å². The Kier molecular flexibility index (Phi) is 5.01. The lowest BCUT2D eigenvalue weighted by Crippen LogP contribution is -2.26. The predicted octanol–water partition coefficient (Wildman–Crippen LogP) is 4.78. The van der Waals surface area contributed by atoms with Crippen LogP contribution in [0, 0.1) is 0 Å². The Balaban J connectivity index is 1.26. The molecule has 6 nitrogen and oxygen atoms in total. The molecule has 1 saturated heterocycles. The molecule has 2 heterocycles. The van der Waals surface area contributed by atoms with Crippen LogP contribution in [0.5, 0.6) is 17.2 Å². The number of hydrogen-bond acceptors (Lipinski definition) is 6. The van der Waals surface area contributed by atoms with Crippen molar-refractivity contribution in [3.8, 4) is 17.2 Å². The van der Waals surface area contributed by atoms with Crippen LogP contribution >= 0.6 is 12.2 Å². The third-order valence-electron chi connectivity index (χ3n) is 4.94. The number of carbonyl (C=O) groups excluding carboxylic acids is 1. The molecule has 1 amide bonds. The quantitative estimate of drug-likeness (QED) is 0.464. The van der Waals surface area contributed by atoms with Gasteiger partial charge in [-0.25, -0.2) is 0 Å². The fraction of sp³-hybridized carbons (Fsp3) is 0.0833. The molecule has 3 aromatic carbocycles. The van der Waals surface area contributed by atoms with Crippen LogP contribution in [0.15, 0.2) is 78.6 Å². The molecule has 2 aliphatic rings. The average molecular weight is 430 g/mol. The first kappa shape index (κ1) is 19.1. The van der Waals surface area contributed by atoms with Crippen molar-refractivity contribution in [1.82, 2.24) is 5.32 Å². The summed E-state index contributed by atoms with van der Waals surface area (Å²) in [4.78, 5) is 13.9. The zero-order valence-electron chi connectivity index (χ0n) is 16.4. The Bertz CT molecular complexity index is 1140. The van der Waals surface area contributed by atoms with E-state index in [1.165, 1.54) is 0 Å². The van der Waals surface area contributed by atoms with Crippen LogP contribution in [-0.2, 0) is 9.53 Å². The van der Waals surface area contributed by atoms with Crippen LogP contribution in [-0.4, -0.2) is 24.2 Å². The van der Waals surface area contributed by atoms with E-state index < -0.39 is 0 Å². The lowest BCUT2D eigenvalue weighted by atomic mass is 10.1. The predicted molar refractivity (Wildman–Crippen MR) is 122 cm³/mol. The Morgan fingerprint density at radius 3 is 2.16 bits per heavy atom. The van der Waals surface area contributed by atoms with Gasteiger partial charge < -0.3 is 19.1 Å². The van der Waals surface area contributed by atoms with Gasteiger partial charge >= 0.3 is 0 Å². The molecular weight excluding hydrogens is 412 g/mol. The zero-order chi connectivity index (χ0) is 21.2. The van der Waals surface area contributed by atoms with Gasteiger partial charge in [-0.1, -0.05) is 36.4 Å². The minimum Gasteiger partial charge on any atom is -0.492 e. The van der Waals surface area contributed by atoms with Crippen LogP contribution < -0.4 is 19.7 Å². The highest BCUT2D eigenvalue weighted by Crippen LogP contribution is 2.45. The topological polar surface area (TPSA) is 60.0 Å². The molecule has 1 N–H and O–H groups in total. The molecule has 154 valence electrons. The Morgan fingerprint density at radius 1 is 0.903 bits per heavy atom. The third kappa shape index (κ3) is 3.95. The van der Waals surface area contributed by atoms with Crippen LogP contribution in [0.1, 0.15) is 5.56 Å². The molecule has 3 aromatic rings. The van der Waals surface area contributed by atoms with Gasteiger partial charge in [-0.15, -0.1) is 0 Å². The Labute approximate surface area is 184 Å². The number of ether oxygens (including phenoxy) is 3. The van der Waals surface area contributed by atoms with E-state index in [4.69, 9.17) is 26.4 Å². The van der Waals surface area contributed by atoms with Crippen molar-refractivity contribution in [1.29, 1.82) is 0 Å². The van der Waals surface area contributed by atoms with E-state index in [0.717, 1.165) is 34.2 Å². The summed E-state index contributed by atoms with van der Waals surface area (Å²) in [5.74, 6) is 2.25. The maximum absolute atomic E-state index is 11.7. The zero-order valence-corrected chi connectivity index (χ0v) is 17.2. The molecule has 0 unspecified atom stereocenters. The van der Waals surface area contributed by atoms with Gasteiger partial charge in [-0.05, 0) is 60.3 Å².